The molecular weight excluding hydrogens is 478 g/mol. The van der Waals surface area contributed by atoms with Crippen LogP contribution in [-0.4, -0.2) is 55.3 Å². The first-order valence-electron chi connectivity index (χ1n) is 7.96. The number of aromatic amines is 1. The van der Waals surface area contributed by atoms with Crippen molar-refractivity contribution in [2.45, 2.75) is 28.9 Å². The van der Waals surface area contributed by atoms with Crippen molar-refractivity contribution in [1.29, 1.82) is 0 Å². The fourth-order valence-corrected chi connectivity index (χ4v) is 5.70. The number of fused-ring (bicyclic) bond motifs is 1. The lowest BCUT2D eigenvalue weighted by atomic mass is 10.1. The molecule has 1 aliphatic heterocycles. The van der Waals surface area contributed by atoms with Crippen LogP contribution in [-0.2, 0) is 6.42 Å². The van der Waals surface area contributed by atoms with Crippen LogP contribution in [0.2, 0.25) is 4.34 Å². The number of aliphatic hydroxyl groups excluding tert-OH is 1. The zero-order valence-corrected chi connectivity index (χ0v) is 17.8. The Morgan fingerprint density at radius 2 is 2.19 bits per heavy atom. The van der Waals surface area contributed by atoms with Crippen LogP contribution in [0.1, 0.15) is 23.1 Å². The Morgan fingerprint density at radius 3 is 2.78 bits per heavy atom. The molecule has 1 aliphatic rings. The molecule has 142 valence electrons. The third-order valence-corrected chi connectivity index (χ3v) is 7.14. The summed E-state index contributed by atoms with van der Waals surface area (Å²) in [5.74, 6) is -0.452. The van der Waals surface area contributed by atoms with E-state index in [1.807, 2.05) is 11.8 Å². The standard InChI is InChI=1S/C15H13BrClN5O3S2/c1-2-6-8(16)7-11(18-6)20-14(21-12(7)22-3-5(23)4-22)27-15-19-9(13(24)25)10(17)26-15/h5,23H,2-4H2,1H3,(H,24,25)(H,18,20,21). The number of β-amino-alcohol motifs (C(OH)–C–C–N with tert-alkyl or cyclic N) is 1. The molecule has 3 aromatic heterocycles. The van der Waals surface area contributed by atoms with E-state index in [9.17, 15) is 9.90 Å². The normalized spacial score (nSPS) is 14.7. The van der Waals surface area contributed by atoms with Crippen molar-refractivity contribution < 1.29 is 15.0 Å². The Labute approximate surface area is 175 Å². The quantitative estimate of drug-likeness (QED) is 0.466. The Morgan fingerprint density at radius 1 is 1.44 bits per heavy atom. The van der Waals surface area contributed by atoms with Gasteiger partial charge in [0.05, 0.1) is 16.0 Å². The summed E-state index contributed by atoms with van der Waals surface area (Å²) in [6.45, 7) is 3.04. The molecule has 0 unspecified atom stereocenters. The minimum absolute atomic E-state index is 0.119. The van der Waals surface area contributed by atoms with E-state index in [-0.39, 0.29) is 16.1 Å². The highest BCUT2D eigenvalue weighted by molar-refractivity contribution is 9.10. The summed E-state index contributed by atoms with van der Waals surface area (Å²) >= 11 is 11.8. The van der Waals surface area contributed by atoms with Crippen molar-refractivity contribution >= 4 is 73.5 Å². The number of nitrogens with zero attached hydrogens (tertiary/aromatic N) is 4. The van der Waals surface area contributed by atoms with Crippen molar-refractivity contribution in [2.24, 2.45) is 0 Å². The zero-order valence-electron chi connectivity index (χ0n) is 13.9. The predicted molar refractivity (Wildman–Crippen MR) is 107 cm³/mol. The number of hydrogen-bond acceptors (Lipinski definition) is 8. The minimum Gasteiger partial charge on any atom is -0.476 e. The second-order valence-corrected chi connectivity index (χ2v) is 9.50. The van der Waals surface area contributed by atoms with Gasteiger partial charge in [-0.1, -0.05) is 29.9 Å². The highest BCUT2D eigenvalue weighted by Crippen LogP contribution is 2.39. The monoisotopic (exact) mass is 489 g/mol. The number of halogens is 2. The summed E-state index contributed by atoms with van der Waals surface area (Å²) in [6.07, 6.45) is 0.427. The lowest BCUT2D eigenvalue weighted by Crippen LogP contribution is -2.51. The van der Waals surface area contributed by atoms with Crippen LogP contribution in [0.15, 0.2) is 14.0 Å². The minimum atomic E-state index is -1.17. The van der Waals surface area contributed by atoms with Crippen LogP contribution in [0.25, 0.3) is 11.0 Å². The molecule has 8 nitrogen and oxygen atoms in total. The van der Waals surface area contributed by atoms with Gasteiger partial charge in [-0.3, -0.25) is 0 Å². The maximum atomic E-state index is 11.1. The SMILES string of the molecule is CCc1[nH]c2nc(Sc3nc(C(=O)O)c(Cl)s3)nc(N3CC(O)C3)c2c1Br. The number of aliphatic hydroxyl groups is 1. The molecular formula is C15H13BrClN5O3S2. The number of aromatic nitrogens is 4. The number of thiazole rings is 1. The van der Waals surface area contributed by atoms with Crippen molar-refractivity contribution in [3.05, 3.63) is 20.2 Å². The summed E-state index contributed by atoms with van der Waals surface area (Å²) in [6, 6.07) is 0. The number of nitrogens with one attached hydrogen (secondary N) is 1. The molecule has 0 atom stereocenters. The molecule has 0 saturated carbocycles. The van der Waals surface area contributed by atoms with E-state index in [0.717, 1.165) is 50.9 Å². The smallest absolute Gasteiger partial charge is 0.357 e. The molecule has 0 spiro atoms. The highest BCUT2D eigenvalue weighted by Gasteiger charge is 2.30. The van der Waals surface area contributed by atoms with Gasteiger partial charge in [0, 0.05) is 18.8 Å². The summed E-state index contributed by atoms with van der Waals surface area (Å²) in [4.78, 5) is 29.6. The molecule has 27 heavy (non-hydrogen) atoms. The number of carboxylic acid groups (broad SMARTS) is 1. The lowest BCUT2D eigenvalue weighted by Gasteiger charge is -2.37. The van der Waals surface area contributed by atoms with Crippen LogP contribution >= 0.6 is 50.6 Å². The first-order valence-corrected chi connectivity index (χ1v) is 10.8. The van der Waals surface area contributed by atoms with E-state index in [2.05, 4.69) is 35.9 Å². The Bertz CT molecular complexity index is 1050. The Hall–Kier alpha value is -1.40. The van der Waals surface area contributed by atoms with E-state index in [1.165, 1.54) is 0 Å². The third kappa shape index (κ3) is 3.42. The molecule has 12 heteroatoms. The zero-order chi connectivity index (χ0) is 19.3. The van der Waals surface area contributed by atoms with Gasteiger partial charge in [0.25, 0.3) is 0 Å². The fourth-order valence-electron chi connectivity index (χ4n) is 2.75. The number of hydrogen-bond donors (Lipinski definition) is 3. The second-order valence-electron chi connectivity index (χ2n) is 5.89. The molecule has 4 rings (SSSR count). The van der Waals surface area contributed by atoms with Gasteiger partial charge in [-0.15, -0.1) is 0 Å². The number of H-pyrrole nitrogens is 1. The van der Waals surface area contributed by atoms with Gasteiger partial charge in [-0.05, 0) is 34.1 Å². The van der Waals surface area contributed by atoms with Crippen LogP contribution in [0.5, 0.6) is 0 Å². The van der Waals surface area contributed by atoms with Gasteiger partial charge in [0.15, 0.2) is 15.2 Å². The summed E-state index contributed by atoms with van der Waals surface area (Å²) in [5, 5.41) is 20.1. The molecule has 4 heterocycles. The van der Waals surface area contributed by atoms with Gasteiger partial charge < -0.3 is 20.1 Å². The highest BCUT2D eigenvalue weighted by atomic mass is 79.9. The largest absolute Gasteiger partial charge is 0.476 e. The first-order chi connectivity index (χ1) is 12.9. The first kappa shape index (κ1) is 18.9. The molecule has 0 aliphatic carbocycles. The molecule has 3 N–H and O–H groups in total. The Kier molecular flexibility index (Phi) is 5.06. The number of carboxylic acids is 1. The lowest BCUT2D eigenvalue weighted by molar-refractivity contribution is 0.0691. The van der Waals surface area contributed by atoms with Crippen LogP contribution < -0.4 is 4.90 Å². The van der Waals surface area contributed by atoms with Gasteiger partial charge in [-0.25, -0.2) is 19.7 Å². The fraction of sp³-hybridized carbons (Fsp3) is 0.333. The Balaban J connectivity index is 1.77. The van der Waals surface area contributed by atoms with E-state index in [4.69, 9.17) is 16.7 Å². The number of carbonyl (C=O) groups is 1. The molecule has 0 radical (unpaired) electrons. The predicted octanol–water partition coefficient (Wildman–Crippen LogP) is 3.42. The molecule has 0 aromatic carbocycles. The van der Waals surface area contributed by atoms with Crippen molar-refractivity contribution in [3.8, 4) is 0 Å². The molecule has 0 bridgehead atoms. The maximum absolute atomic E-state index is 11.1. The third-order valence-electron chi connectivity index (χ3n) is 4.09. The van der Waals surface area contributed by atoms with Crippen molar-refractivity contribution in [1.82, 2.24) is 19.9 Å². The molecule has 0 amide bonds. The maximum Gasteiger partial charge on any atom is 0.357 e. The van der Waals surface area contributed by atoms with E-state index >= 15 is 0 Å². The van der Waals surface area contributed by atoms with Crippen LogP contribution in [0.4, 0.5) is 5.82 Å². The molecule has 3 aromatic rings. The average molecular weight is 491 g/mol. The van der Waals surface area contributed by atoms with E-state index in [0.29, 0.717) is 28.2 Å². The summed E-state index contributed by atoms with van der Waals surface area (Å²) in [5.41, 5.74) is 1.51. The number of anilines is 1. The number of rotatable bonds is 5. The summed E-state index contributed by atoms with van der Waals surface area (Å²) < 4.78 is 1.49. The number of aromatic carboxylic acids is 1. The summed E-state index contributed by atoms with van der Waals surface area (Å²) in [7, 11) is 0. The van der Waals surface area contributed by atoms with Gasteiger partial charge >= 0.3 is 5.97 Å². The van der Waals surface area contributed by atoms with Crippen molar-refractivity contribution in [2.75, 3.05) is 18.0 Å². The van der Waals surface area contributed by atoms with E-state index < -0.39 is 5.97 Å². The van der Waals surface area contributed by atoms with Crippen LogP contribution in [0, 0.1) is 0 Å². The van der Waals surface area contributed by atoms with Crippen LogP contribution in [0.3, 0.4) is 0 Å². The van der Waals surface area contributed by atoms with Gasteiger partial charge in [-0.2, -0.15) is 0 Å². The van der Waals surface area contributed by atoms with Crippen molar-refractivity contribution in [3.63, 3.8) is 0 Å². The van der Waals surface area contributed by atoms with Gasteiger partial charge in [0.1, 0.15) is 15.8 Å². The second kappa shape index (κ2) is 7.21. The average Bonchev–Trinajstić information content (AvgIpc) is 3.11. The topological polar surface area (TPSA) is 115 Å². The molecule has 1 saturated heterocycles. The molecule has 1 fully saturated rings. The number of aryl methyl sites for hydroxylation is 1. The van der Waals surface area contributed by atoms with Gasteiger partial charge in [0.2, 0.25) is 0 Å². The van der Waals surface area contributed by atoms with E-state index in [1.54, 1.807) is 0 Å².